The van der Waals surface area contributed by atoms with E-state index in [0.29, 0.717) is 29.1 Å². The van der Waals surface area contributed by atoms with Crippen molar-refractivity contribution in [1.29, 1.82) is 0 Å². The molecule has 4 aromatic rings. The minimum atomic E-state index is -1.09. The summed E-state index contributed by atoms with van der Waals surface area (Å²) in [6.45, 7) is 4.38. The molecule has 5 amide bonds. The van der Waals surface area contributed by atoms with E-state index in [0.717, 1.165) is 112 Å². The van der Waals surface area contributed by atoms with E-state index in [1.807, 2.05) is 18.3 Å². The molecule has 10 rings (SSSR count). The number of carbonyl (C=O) groups excluding carboxylic acids is 5. The first-order valence-electron chi connectivity index (χ1n) is 21.6. The summed E-state index contributed by atoms with van der Waals surface area (Å²) in [5, 5.41) is 6.32. The minimum Gasteiger partial charge on any atom is -0.370 e. The van der Waals surface area contributed by atoms with Gasteiger partial charge < -0.3 is 24.6 Å². The molecule has 2 bridgehead atoms. The molecule has 17 heteroatoms. The third kappa shape index (κ3) is 7.05. The largest absolute Gasteiger partial charge is 0.370 e. The predicted octanol–water partition coefficient (Wildman–Crippen LogP) is 4.50. The fourth-order valence-corrected chi connectivity index (χ4v) is 10.7. The zero-order valence-corrected chi connectivity index (χ0v) is 34.5. The summed E-state index contributed by atoms with van der Waals surface area (Å²) in [6.07, 6.45) is 12.0. The molecule has 3 unspecified atom stereocenters. The lowest BCUT2D eigenvalue weighted by molar-refractivity contribution is -0.136. The standard InChI is InChI=1S/C44H50FN11O5/c1-51(2)43(61)36-17-26-20-47-44(50-39(26)55(36)27-5-3-4-6-27)48-37-11-9-28(21-46-37)53-15-13-25(14-16-53)22-52-23-29-7-8-30(24-52)54(29)35-19-32-31(18-33(35)45)41(59)56(42(32)60)34-10-12-38(57)49-40(34)58/h9,11,17-21,25,27,29-30,34H,3-8,10,12-16,22-24H2,1-2H3,(H,49,57,58)(H,46,47,48,50). The van der Waals surface area contributed by atoms with Crippen molar-refractivity contribution in [2.75, 3.05) is 61.9 Å². The van der Waals surface area contributed by atoms with Crippen LogP contribution in [0.5, 0.6) is 0 Å². The van der Waals surface area contributed by atoms with Crippen LogP contribution in [0.1, 0.15) is 101 Å². The van der Waals surface area contributed by atoms with E-state index in [4.69, 9.17) is 9.97 Å². The summed E-state index contributed by atoms with van der Waals surface area (Å²) >= 11 is 0. The number of likely N-dealkylation sites (tertiary alicyclic amines) is 1. The third-order valence-electron chi connectivity index (χ3n) is 13.7. The Labute approximate surface area is 352 Å². The maximum atomic E-state index is 15.8. The van der Waals surface area contributed by atoms with Crippen LogP contribution < -0.4 is 20.4 Å². The van der Waals surface area contributed by atoms with Gasteiger partial charge in [0.1, 0.15) is 29.0 Å². The number of aromatic nitrogens is 4. The molecule has 5 fully saturated rings. The van der Waals surface area contributed by atoms with Crippen molar-refractivity contribution in [3.8, 4) is 0 Å². The topological polar surface area (TPSA) is 169 Å². The summed E-state index contributed by atoms with van der Waals surface area (Å²) in [5.41, 5.74) is 2.85. The molecule has 4 saturated heterocycles. The number of imide groups is 2. The van der Waals surface area contributed by atoms with Crippen molar-refractivity contribution in [2.24, 2.45) is 5.92 Å². The Kier molecular flexibility index (Phi) is 9.95. The molecule has 5 aliphatic heterocycles. The van der Waals surface area contributed by atoms with Gasteiger partial charge in [0.2, 0.25) is 17.8 Å². The van der Waals surface area contributed by atoms with Gasteiger partial charge in [-0.1, -0.05) is 12.8 Å². The Bertz CT molecular complexity index is 2430. The van der Waals surface area contributed by atoms with Crippen LogP contribution in [-0.2, 0) is 9.59 Å². The molecule has 2 N–H and O–H groups in total. The highest BCUT2D eigenvalue weighted by Gasteiger charge is 2.47. The van der Waals surface area contributed by atoms with Crippen LogP contribution in [0.2, 0.25) is 0 Å². The zero-order chi connectivity index (χ0) is 42.1. The van der Waals surface area contributed by atoms with Crippen molar-refractivity contribution in [2.45, 2.75) is 88.4 Å². The highest BCUT2D eigenvalue weighted by molar-refractivity contribution is 6.23. The Morgan fingerprint density at radius 2 is 1.59 bits per heavy atom. The van der Waals surface area contributed by atoms with E-state index in [1.165, 1.54) is 6.07 Å². The van der Waals surface area contributed by atoms with Gasteiger partial charge in [0, 0.05) is 82.9 Å². The number of nitrogens with zero attached hydrogens (tertiary/aromatic N) is 9. The molecule has 8 heterocycles. The van der Waals surface area contributed by atoms with Crippen LogP contribution in [0.3, 0.4) is 0 Å². The number of nitrogens with one attached hydrogen (secondary N) is 2. The number of halogens is 1. The number of amides is 5. The van der Waals surface area contributed by atoms with Gasteiger partial charge >= 0.3 is 0 Å². The van der Waals surface area contributed by atoms with Gasteiger partial charge in [-0.2, -0.15) is 4.98 Å². The first kappa shape index (κ1) is 39.2. The maximum absolute atomic E-state index is 15.8. The van der Waals surface area contributed by atoms with E-state index in [-0.39, 0.29) is 48.0 Å². The van der Waals surface area contributed by atoms with Gasteiger partial charge in [0.05, 0.1) is 28.7 Å². The summed E-state index contributed by atoms with van der Waals surface area (Å²) in [6, 6.07) is 7.88. The lowest BCUT2D eigenvalue weighted by Gasteiger charge is -2.44. The Hall–Kier alpha value is -5.97. The molecule has 3 aromatic heterocycles. The number of carbonyl (C=O) groups is 5. The maximum Gasteiger partial charge on any atom is 0.270 e. The van der Waals surface area contributed by atoms with Gasteiger partial charge in [0.25, 0.3) is 17.7 Å². The number of fused-ring (bicyclic) bond motifs is 4. The quantitative estimate of drug-likeness (QED) is 0.227. The average molecular weight is 832 g/mol. The van der Waals surface area contributed by atoms with Crippen LogP contribution in [0.4, 0.5) is 27.5 Å². The molecule has 0 spiro atoms. The van der Waals surface area contributed by atoms with Gasteiger partial charge in [-0.05, 0) is 81.2 Å². The highest BCUT2D eigenvalue weighted by atomic mass is 19.1. The molecule has 3 atom stereocenters. The van der Waals surface area contributed by atoms with Crippen molar-refractivity contribution in [1.82, 2.24) is 39.5 Å². The van der Waals surface area contributed by atoms with Crippen LogP contribution in [-0.4, -0.2) is 129 Å². The smallest absolute Gasteiger partial charge is 0.270 e. The van der Waals surface area contributed by atoms with Crippen molar-refractivity contribution >= 4 is 63.7 Å². The summed E-state index contributed by atoms with van der Waals surface area (Å²) in [4.78, 5) is 87.7. The van der Waals surface area contributed by atoms with E-state index in [2.05, 4.69) is 41.0 Å². The molecule has 1 aliphatic carbocycles. The molecule has 61 heavy (non-hydrogen) atoms. The SMILES string of the molecule is CN(C)C(=O)c1cc2cnc(Nc3ccc(N4CCC(CN5CC6CCC(C5)N6c5cc6c(cc5F)C(=O)N(C5CCC(=O)NC5=O)C6=O)CC4)cn3)nc2n1C1CCCC1. The molecule has 6 aliphatic rings. The van der Waals surface area contributed by atoms with Gasteiger partial charge in [0.15, 0.2) is 0 Å². The fraction of sp³-hybridized carbons (Fsp3) is 0.500. The van der Waals surface area contributed by atoms with E-state index in [1.54, 1.807) is 25.2 Å². The van der Waals surface area contributed by atoms with Crippen LogP contribution in [0.15, 0.2) is 42.7 Å². The molecular formula is C44H50FN11O5. The van der Waals surface area contributed by atoms with Crippen LogP contribution >= 0.6 is 0 Å². The van der Waals surface area contributed by atoms with Gasteiger partial charge in [-0.3, -0.25) is 39.1 Å². The molecule has 1 saturated carbocycles. The number of hydrogen-bond acceptors (Lipinski definition) is 12. The number of benzene rings is 1. The fourth-order valence-electron chi connectivity index (χ4n) is 10.7. The summed E-state index contributed by atoms with van der Waals surface area (Å²) in [5.74, 6) is -1.44. The van der Waals surface area contributed by atoms with Crippen LogP contribution in [0.25, 0.3) is 11.0 Å². The normalized spacial score (nSPS) is 23.7. The zero-order valence-electron chi connectivity index (χ0n) is 34.5. The summed E-state index contributed by atoms with van der Waals surface area (Å²) in [7, 11) is 3.54. The van der Waals surface area contributed by atoms with E-state index < -0.39 is 35.5 Å². The lowest BCUT2D eigenvalue weighted by Crippen LogP contribution is -2.55. The minimum absolute atomic E-state index is 0.0243. The number of piperidine rings is 2. The Morgan fingerprint density at radius 3 is 2.26 bits per heavy atom. The number of anilines is 4. The molecule has 1 aromatic carbocycles. The van der Waals surface area contributed by atoms with Crippen LogP contribution in [0, 0.1) is 11.7 Å². The molecule has 0 radical (unpaired) electrons. The first-order valence-corrected chi connectivity index (χ1v) is 21.6. The second-order valence-corrected chi connectivity index (χ2v) is 17.8. The first-order chi connectivity index (χ1) is 29.5. The molecule has 318 valence electrons. The number of pyridine rings is 1. The monoisotopic (exact) mass is 831 g/mol. The molecule has 16 nitrogen and oxygen atoms in total. The molecular weight excluding hydrogens is 782 g/mol. The average Bonchev–Trinajstić information content (AvgIpc) is 4.02. The van der Waals surface area contributed by atoms with Gasteiger partial charge in [-0.25, -0.2) is 14.4 Å². The van der Waals surface area contributed by atoms with Crippen molar-refractivity contribution in [3.63, 3.8) is 0 Å². The second-order valence-electron chi connectivity index (χ2n) is 17.8. The number of hydrogen-bond donors (Lipinski definition) is 2. The van der Waals surface area contributed by atoms with Crippen molar-refractivity contribution in [3.05, 3.63) is 65.4 Å². The van der Waals surface area contributed by atoms with E-state index in [9.17, 15) is 24.0 Å². The Morgan fingerprint density at radius 1 is 0.869 bits per heavy atom. The number of piperazine rings is 1. The highest BCUT2D eigenvalue weighted by Crippen LogP contribution is 2.40. The summed E-state index contributed by atoms with van der Waals surface area (Å²) < 4.78 is 17.9. The predicted molar refractivity (Wildman–Crippen MR) is 224 cm³/mol. The lowest BCUT2D eigenvalue weighted by atomic mass is 9.95. The van der Waals surface area contributed by atoms with Crippen molar-refractivity contribution < 1.29 is 28.4 Å². The van der Waals surface area contributed by atoms with E-state index >= 15 is 4.39 Å². The Balaban J connectivity index is 0.746. The number of rotatable bonds is 9. The van der Waals surface area contributed by atoms with Gasteiger partial charge in [-0.15, -0.1) is 0 Å². The second kappa shape index (κ2) is 15.5. The third-order valence-corrected chi connectivity index (χ3v) is 13.7.